The van der Waals surface area contributed by atoms with Crippen LogP contribution in [0.25, 0.3) is 0 Å². The van der Waals surface area contributed by atoms with E-state index < -0.39 is 0 Å². The molecule has 0 spiro atoms. The standard InChI is InChI=1S/C9H15N3OS/c1-2-8(1)6-13-4-3-10-5-9-7-14-12-11-9/h7-8,10H,1-6H2. The second-order valence-corrected chi connectivity index (χ2v) is 4.20. The molecule has 1 aromatic rings. The summed E-state index contributed by atoms with van der Waals surface area (Å²) in [5.41, 5.74) is 1.01. The smallest absolute Gasteiger partial charge is 0.0893 e. The summed E-state index contributed by atoms with van der Waals surface area (Å²) < 4.78 is 9.27. The zero-order chi connectivity index (χ0) is 9.64. The maximum absolute atomic E-state index is 5.48. The summed E-state index contributed by atoms with van der Waals surface area (Å²) in [6.07, 6.45) is 2.72. The summed E-state index contributed by atoms with van der Waals surface area (Å²) in [4.78, 5) is 0. The van der Waals surface area contributed by atoms with Crippen molar-refractivity contribution in [2.45, 2.75) is 19.4 Å². The van der Waals surface area contributed by atoms with E-state index in [2.05, 4.69) is 14.9 Å². The normalized spacial score (nSPS) is 16.0. The Kier molecular flexibility index (Phi) is 3.85. The van der Waals surface area contributed by atoms with E-state index in [1.165, 1.54) is 24.4 Å². The van der Waals surface area contributed by atoms with Crippen LogP contribution in [0, 0.1) is 5.92 Å². The van der Waals surface area contributed by atoms with Gasteiger partial charge in [0.1, 0.15) is 0 Å². The second-order valence-electron chi connectivity index (χ2n) is 3.59. The molecule has 1 aromatic heterocycles. The molecule has 1 N–H and O–H groups in total. The highest BCUT2D eigenvalue weighted by Crippen LogP contribution is 2.28. The molecule has 14 heavy (non-hydrogen) atoms. The van der Waals surface area contributed by atoms with Crippen molar-refractivity contribution >= 4 is 11.5 Å². The summed E-state index contributed by atoms with van der Waals surface area (Å²) in [7, 11) is 0. The zero-order valence-electron chi connectivity index (χ0n) is 8.11. The van der Waals surface area contributed by atoms with Gasteiger partial charge in [0.2, 0.25) is 0 Å². The Labute approximate surface area is 87.8 Å². The number of ether oxygens (including phenoxy) is 1. The average molecular weight is 213 g/mol. The maximum atomic E-state index is 5.48. The van der Waals surface area contributed by atoms with E-state index in [0.29, 0.717) is 0 Å². The van der Waals surface area contributed by atoms with Crippen LogP contribution in [-0.2, 0) is 11.3 Å². The van der Waals surface area contributed by atoms with E-state index in [4.69, 9.17) is 4.74 Å². The predicted octanol–water partition coefficient (Wildman–Crippen LogP) is 1.05. The van der Waals surface area contributed by atoms with Crippen LogP contribution in [0.4, 0.5) is 0 Å². The van der Waals surface area contributed by atoms with Crippen LogP contribution in [0.5, 0.6) is 0 Å². The Bertz CT molecular complexity index is 249. The number of hydrogen-bond donors (Lipinski definition) is 1. The molecule has 78 valence electrons. The summed E-state index contributed by atoms with van der Waals surface area (Å²) in [5, 5.41) is 9.15. The van der Waals surface area contributed by atoms with Gasteiger partial charge in [-0.3, -0.25) is 0 Å². The molecule has 0 saturated heterocycles. The van der Waals surface area contributed by atoms with Gasteiger partial charge >= 0.3 is 0 Å². The second kappa shape index (κ2) is 5.38. The first kappa shape index (κ1) is 10.0. The Morgan fingerprint density at radius 3 is 3.21 bits per heavy atom. The number of nitrogens with one attached hydrogen (secondary N) is 1. The lowest BCUT2D eigenvalue weighted by molar-refractivity contribution is 0.126. The average Bonchev–Trinajstić information content (AvgIpc) is 2.87. The van der Waals surface area contributed by atoms with Crippen molar-refractivity contribution in [3.8, 4) is 0 Å². The monoisotopic (exact) mass is 213 g/mol. The minimum Gasteiger partial charge on any atom is -0.380 e. The fourth-order valence-electron chi connectivity index (χ4n) is 1.16. The van der Waals surface area contributed by atoms with Crippen molar-refractivity contribution in [1.29, 1.82) is 0 Å². The van der Waals surface area contributed by atoms with Crippen LogP contribution in [-0.4, -0.2) is 29.3 Å². The molecule has 1 aliphatic carbocycles. The predicted molar refractivity (Wildman–Crippen MR) is 55.2 cm³/mol. The zero-order valence-corrected chi connectivity index (χ0v) is 8.92. The van der Waals surface area contributed by atoms with E-state index in [9.17, 15) is 0 Å². The van der Waals surface area contributed by atoms with Crippen LogP contribution in [0.15, 0.2) is 5.38 Å². The van der Waals surface area contributed by atoms with Crippen LogP contribution >= 0.6 is 11.5 Å². The van der Waals surface area contributed by atoms with E-state index in [0.717, 1.165) is 37.9 Å². The largest absolute Gasteiger partial charge is 0.380 e. The maximum Gasteiger partial charge on any atom is 0.0893 e. The molecule has 1 aliphatic rings. The highest BCUT2D eigenvalue weighted by atomic mass is 32.1. The molecule has 0 unspecified atom stereocenters. The molecule has 0 bridgehead atoms. The third-order valence-electron chi connectivity index (χ3n) is 2.18. The van der Waals surface area contributed by atoms with E-state index in [1.807, 2.05) is 5.38 Å². The third-order valence-corrected chi connectivity index (χ3v) is 2.74. The van der Waals surface area contributed by atoms with Crippen LogP contribution in [0.3, 0.4) is 0 Å². The molecule has 4 nitrogen and oxygen atoms in total. The van der Waals surface area contributed by atoms with Crippen molar-refractivity contribution in [2.24, 2.45) is 5.92 Å². The molecule has 0 aromatic carbocycles. The van der Waals surface area contributed by atoms with Gasteiger partial charge in [-0.1, -0.05) is 4.49 Å². The summed E-state index contributed by atoms with van der Waals surface area (Å²) in [6, 6.07) is 0. The van der Waals surface area contributed by atoms with Gasteiger partial charge in [0.15, 0.2) is 0 Å². The van der Waals surface area contributed by atoms with Gasteiger partial charge < -0.3 is 10.1 Å². The Hall–Kier alpha value is -0.520. The fourth-order valence-corrected chi connectivity index (χ4v) is 1.61. The summed E-state index contributed by atoms with van der Waals surface area (Å²) in [5.74, 6) is 0.859. The Morgan fingerprint density at radius 1 is 1.57 bits per heavy atom. The van der Waals surface area contributed by atoms with Crippen molar-refractivity contribution < 1.29 is 4.74 Å². The number of aromatic nitrogens is 2. The first-order valence-electron chi connectivity index (χ1n) is 4.99. The van der Waals surface area contributed by atoms with Gasteiger partial charge in [0, 0.05) is 25.1 Å². The third kappa shape index (κ3) is 3.69. The molecule has 2 rings (SSSR count). The van der Waals surface area contributed by atoms with Crippen LogP contribution in [0.2, 0.25) is 0 Å². The first-order valence-corrected chi connectivity index (χ1v) is 5.83. The van der Waals surface area contributed by atoms with Gasteiger partial charge in [-0.2, -0.15) is 0 Å². The van der Waals surface area contributed by atoms with Crippen LogP contribution < -0.4 is 5.32 Å². The molecule has 1 heterocycles. The molecule has 0 aliphatic heterocycles. The lowest BCUT2D eigenvalue weighted by Crippen LogP contribution is -2.19. The van der Waals surface area contributed by atoms with E-state index in [-0.39, 0.29) is 0 Å². The molecule has 1 fully saturated rings. The Balaban J connectivity index is 1.43. The van der Waals surface area contributed by atoms with E-state index in [1.54, 1.807) is 0 Å². The quantitative estimate of drug-likeness (QED) is 0.688. The van der Waals surface area contributed by atoms with Crippen molar-refractivity contribution in [2.75, 3.05) is 19.8 Å². The molecular formula is C9H15N3OS. The van der Waals surface area contributed by atoms with Gasteiger partial charge in [-0.15, -0.1) is 5.10 Å². The summed E-state index contributed by atoms with van der Waals surface area (Å²) in [6.45, 7) is 3.43. The Morgan fingerprint density at radius 2 is 2.50 bits per heavy atom. The van der Waals surface area contributed by atoms with Gasteiger partial charge in [-0.25, -0.2) is 0 Å². The fraction of sp³-hybridized carbons (Fsp3) is 0.778. The number of nitrogens with zero attached hydrogens (tertiary/aromatic N) is 2. The molecule has 0 radical (unpaired) electrons. The minimum absolute atomic E-state index is 0.795. The van der Waals surface area contributed by atoms with E-state index >= 15 is 0 Å². The highest BCUT2D eigenvalue weighted by Gasteiger charge is 2.20. The van der Waals surface area contributed by atoms with Gasteiger partial charge in [0.05, 0.1) is 12.3 Å². The molecule has 1 saturated carbocycles. The molecular weight excluding hydrogens is 198 g/mol. The molecule has 0 atom stereocenters. The minimum atomic E-state index is 0.795. The SMILES string of the molecule is c1snnc1CNCCOCC1CC1. The van der Waals surface area contributed by atoms with Crippen molar-refractivity contribution in [3.63, 3.8) is 0 Å². The first-order chi connectivity index (χ1) is 6.95. The topological polar surface area (TPSA) is 47.0 Å². The van der Waals surface area contributed by atoms with Gasteiger partial charge in [0.25, 0.3) is 0 Å². The number of rotatable bonds is 7. The van der Waals surface area contributed by atoms with Gasteiger partial charge in [-0.05, 0) is 30.3 Å². The number of hydrogen-bond acceptors (Lipinski definition) is 5. The molecule has 5 heteroatoms. The lowest BCUT2D eigenvalue weighted by Gasteiger charge is -2.03. The molecule has 0 amide bonds. The highest BCUT2D eigenvalue weighted by molar-refractivity contribution is 7.03. The summed E-state index contributed by atoms with van der Waals surface area (Å²) >= 11 is 1.39. The van der Waals surface area contributed by atoms with Crippen molar-refractivity contribution in [1.82, 2.24) is 14.9 Å². The lowest BCUT2D eigenvalue weighted by atomic mass is 10.4. The van der Waals surface area contributed by atoms with Crippen molar-refractivity contribution in [3.05, 3.63) is 11.1 Å². The van der Waals surface area contributed by atoms with Crippen LogP contribution in [0.1, 0.15) is 18.5 Å².